The van der Waals surface area contributed by atoms with Gasteiger partial charge in [-0.05, 0) is 31.0 Å². The van der Waals surface area contributed by atoms with Crippen molar-refractivity contribution < 1.29 is 10.2 Å². The first-order valence-corrected chi connectivity index (χ1v) is 5.56. The van der Waals surface area contributed by atoms with E-state index in [4.69, 9.17) is 10.4 Å². The van der Waals surface area contributed by atoms with Crippen LogP contribution >= 0.6 is 0 Å². The topological polar surface area (TPSA) is 80.0 Å². The van der Waals surface area contributed by atoms with Crippen molar-refractivity contribution in [3.8, 4) is 6.07 Å². The molecule has 1 atom stereocenters. The van der Waals surface area contributed by atoms with Crippen LogP contribution in [0.5, 0.6) is 0 Å². The molecule has 3 N–H and O–H groups in total. The molecule has 0 aliphatic rings. The molecule has 0 fully saturated rings. The van der Waals surface area contributed by atoms with Crippen molar-refractivity contribution in [3.05, 3.63) is 35.5 Å². The van der Waals surface area contributed by atoms with Crippen LogP contribution in [0.25, 0.3) is 10.9 Å². The third kappa shape index (κ3) is 2.31. The van der Waals surface area contributed by atoms with Crippen molar-refractivity contribution in [1.29, 1.82) is 5.26 Å². The molecular formula is C13H14N2O2. The summed E-state index contributed by atoms with van der Waals surface area (Å²) < 4.78 is 0. The van der Waals surface area contributed by atoms with Crippen LogP contribution in [0, 0.1) is 11.3 Å². The minimum atomic E-state index is -0.607. The van der Waals surface area contributed by atoms with Crippen molar-refractivity contribution in [1.82, 2.24) is 4.98 Å². The predicted octanol–water partition coefficient (Wildman–Crippen LogP) is 1.85. The van der Waals surface area contributed by atoms with E-state index in [0.29, 0.717) is 18.4 Å². The highest BCUT2D eigenvalue weighted by Crippen LogP contribution is 2.27. The van der Waals surface area contributed by atoms with Gasteiger partial charge in [-0.1, -0.05) is 0 Å². The zero-order valence-corrected chi connectivity index (χ0v) is 9.35. The lowest BCUT2D eigenvalue weighted by atomic mass is 10.0. The van der Waals surface area contributed by atoms with Crippen LogP contribution < -0.4 is 0 Å². The van der Waals surface area contributed by atoms with Crippen LogP contribution in [-0.4, -0.2) is 21.8 Å². The lowest BCUT2D eigenvalue weighted by Gasteiger charge is -2.08. The second-order valence-corrected chi connectivity index (χ2v) is 4.00. The summed E-state index contributed by atoms with van der Waals surface area (Å²) in [6.07, 6.45) is 2.23. The Kier molecular flexibility index (Phi) is 3.43. The lowest BCUT2D eigenvalue weighted by molar-refractivity contribution is 0.153. The maximum Gasteiger partial charge on any atom is 0.0991 e. The quantitative estimate of drug-likeness (QED) is 0.749. The molecule has 0 aliphatic carbocycles. The van der Waals surface area contributed by atoms with Crippen LogP contribution in [0.2, 0.25) is 0 Å². The van der Waals surface area contributed by atoms with Gasteiger partial charge < -0.3 is 15.2 Å². The largest absolute Gasteiger partial charge is 0.396 e. The Morgan fingerprint density at radius 3 is 2.94 bits per heavy atom. The number of H-pyrrole nitrogens is 1. The number of hydrogen-bond acceptors (Lipinski definition) is 3. The Hall–Kier alpha value is -1.83. The van der Waals surface area contributed by atoms with Crippen molar-refractivity contribution in [3.63, 3.8) is 0 Å². The lowest BCUT2D eigenvalue weighted by Crippen LogP contribution is -1.97. The minimum absolute atomic E-state index is 0.0723. The predicted molar refractivity (Wildman–Crippen MR) is 64.3 cm³/mol. The third-order valence-electron chi connectivity index (χ3n) is 2.84. The number of aromatic amines is 1. The monoisotopic (exact) mass is 230 g/mol. The summed E-state index contributed by atoms with van der Waals surface area (Å²) in [6, 6.07) is 7.42. The van der Waals surface area contributed by atoms with Gasteiger partial charge in [-0.25, -0.2) is 0 Å². The number of fused-ring (bicyclic) bond motifs is 1. The molecule has 17 heavy (non-hydrogen) atoms. The molecule has 0 radical (unpaired) electrons. The van der Waals surface area contributed by atoms with Crippen LogP contribution in [0.3, 0.4) is 0 Å². The van der Waals surface area contributed by atoms with E-state index in [0.717, 1.165) is 16.5 Å². The number of rotatable bonds is 4. The molecule has 2 aromatic rings. The van der Waals surface area contributed by atoms with Gasteiger partial charge >= 0.3 is 0 Å². The van der Waals surface area contributed by atoms with E-state index < -0.39 is 6.10 Å². The van der Waals surface area contributed by atoms with E-state index in [1.165, 1.54) is 0 Å². The number of aliphatic hydroxyl groups excluding tert-OH is 2. The zero-order chi connectivity index (χ0) is 12.3. The third-order valence-corrected chi connectivity index (χ3v) is 2.84. The van der Waals surface area contributed by atoms with Gasteiger partial charge in [0.15, 0.2) is 0 Å². The van der Waals surface area contributed by atoms with E-state index in [-0.39, 0.29) is 6.61 Å². The van der Waals surface area contributed by atoms with E-state index in [2.05, 4.69) is 11.1 Å². The van der Waals surface area contributed by atoms with Crippen molar-refractivity contribution in [2.75, 3.05) is 6.61 Å². The summed E-state index contributed by atoms with van der Waals surface area (Å²) in [4.78, 5) is 3.06. The molecule has 4 heteroatoms. The Bertz CT molecular complexity index is 554. The van der Waals surface area contributed by atoms with Crippen molar-refractivity contribution in [2.24, 2.45) is 0 Å². The molecule has 4 nitrogen and oxygen atoms in total. The van der Waals surface area contributed by atoms with Gasteiger partial charge in [-0.15, -0.1) is 0 Å². The molecule has 0 spiro atoms. The first-order valence-electron chi connectivity index (χ1n) is 5.56. The van der Waals surface area contributed by atoms with Gasteiger partial charge in [-0.3, -0.25) is 0 Å². The van der Waals surface area contributed by atoms with Crippen LogP contribution in [-0.2, 0) is 0 Å². The van der Waals surface area contributed by atoms with E-state index >= 15 is 0 Å². The molecule has 0 aliphatic heterocycles. The maximum atomic E-state index is 9.99. The van der Waals surface area contributed by atoms with Gasteiger partial charge in [-0.2, -0.15) is 5.26 Å². The summed E-state index contributed by atoms with van der Waals surface area (Å²) in [5.74, 6) is 0. The van der Waals surface area contributed by atoms with Gasteiger partial charge in [0, 0.05) is 29.3 Å². The SMILES string of the molecule is N#Cc1ccc2[nH]cc(C(O)CCCO)c2c1. The number of benzene rings is 1. The molecule has 1 aromatic heterocycles. The molecule has 1 unspecified atom stereocenters. The fraction of sp³-hybridized carbons (Fsp3) is 0.308. The molecule has 1 aromatic carbocycles. The van der Waals surface area contributed by atoms with Gasteiger partial charge in [0.1, 0.15) is 0 Å². The van der Waals surface area contributed by atoms with Gasteiger partial charge in [0.25, 0.3) is 0 Å². The molecule has 0 bridgehead atoms. The van der Waals surface area contributed by atoms with Crippen LogP contribution in [0.1, 0.15) is 30.1 Å². The Morgan fingerprint density at radius 1 is 1.41 bits per heavy atom. The number of aromatic nitrogens is 1. The molecule has 0 amide bonds. The molecule has 0 saturated carbocycles. The summed E-state index contributed by atoms with van der Waals surface area (Å²) >= 11 is 0. The second-order valence-electron chi connectivity index (χ2n) is 4.00. The highest BCUT2D eigenvalue weighted by atomic mass is 16.3. The fourth-order valence-corrected chi connectivity index (χ4v) is 1.93. The average Bonchev–Trinajstić information content (AvgIpc) is 2.78. The van der Waals surface area contributed by atoms with Gasteiger partial charge in [0.05, 0.1) is 17.7 Å². The fourth-order valence-electron chi connectivity index (χ4n) is 1.93. The maximum absolute atomic E-state index is 9.99. The van der Waals surface area contributed by atoms with E-state index in [1.807, 2.05) is 6.07 Å². The number of nitrogens with one attached hydrogen (secondary N) is 1. The number of hydrogen-bond donors (Lipinski definition) is 3. The Morgan fingerprint density at radius 2 is 2.24 bits per heavy atom. The number of aliphatic hydroxyl groups is 2. The average molecular weight is 230 g/mol. The van der Waals surface area contributed by atoms with Crippen LogP contribution in [0.15, 0.2) is 24.4 Å². The number of nitriles is 1. The van der Waals surface area contributed by atoms with Crippen molar-refractivity contribution >= 4 is 10.9 Å². The Labute approximate surface area is 99.1 Å². The molecule has 1 heterocycles. The summed E-state index contributed by atoms with van der Waals surface area (Å²) in [5, 5.41) is 28.5. The first-order chi connectivity index (χ1) is 8.26. The minimum Gasteiger partial charge on any atom is -0.396 e. The molecule has 0 saturated heterocycles. The molecule has 2 rings (SSSR count). The first kappa shape index (κ1) is 11.6. The van der Waals surface area contributed by atoms with E-state index in [9.17, 15) is 5.11 Å². The van der Waals surface area contributed by atoms with Crippen LogP contribution in [0.4, 0.5) is 0 Å². The summed E-state index contributed by atoms with van der Waals surface area (Å²) in [6.45, 7) is 0.0723. The molecule has 88 valence electrons. The highest BCUT2D eigenvalue weighted by molar-refractivity contribution is 5.84. The summed E-state index contributed by atoms with van der Waals surface area (Å²) in [5.41, 5.74) is 2.26. The smallest absolute Gasteiger partial charge is 0.0991 e. The Balaban J connectivity index is 2.37. The summed E-state index contributed by atoms with van der Waals surface area (Å²) in [7, 11) is 0. The van der Waals surface area contributed by atoms with Gasteiger partial charge in [0.2, 0.25) is 0 Å². The standard InChI is InChI=1S/C13H14N2O2/c14-7-9-3-4-12-10(6-9)11(8-15-12)13(17)2-1-5-16/h3-4,6,8,13,15-17H,1-2,5H2. The molecular weight excluding hydrogens is 216 g/mol. The van der Waals surface area contributed by atoms with Crippen molar-refractivity contribution in [2.45, 2.75) is 18.9 Å². The second kappa shape index (κ2) is 5.00. The highest BCUT2D eigenvalue weighted by Gasteiger charge is 2.12. The normalized spacial score (nSPS) is 12.5. The zero-order valence-electron chi connectivity index (χ0n) is 9.35. The van der Waals surface area contributed by atoms with E-state index in [1.54, 1.807) is 18.3 Å². The number of nitrogens with zero attached hydrogens (tertiary/aromatic N) is 1.